The van der Waals surface area contributed by atoms with Gasteiger partial charge in [0.05, 0.1) is 18.1 Å². The van der Waals surface area contributed by atoms with Crippen molar-refractivity contribution in [2.75, 3.05) is 0 Å². The van der Waals surface area contributed by atoms with E-state index in [0.29, 0.717) is 5.11 Å². The molecule has 0 aromatic heterocycles. The van der Waals surface area contributed by atoms with Crippen molar-refractivity contribution in [3.8, 4) is 0 Å². The molecule has 0 spiro atoms. The fourth-order valence-corrected chi connectivity index (χ4v) is 4.87. The summed E-state index contributed by atoms with van der Waals surface area (Å²) in [7, 11) is 0. The summed E-state index contributed by atoms with van der Waals surface area (Å²) in [5, 5.41) is 11.7. The zero-order valence-electron chi connectivity index (χ0n) is 21.2. The molecule has 0 aliphatic heterocycles. The first-order valence-electron chi connectivity index (χ1n) is 12.5. The Morgan fingerprint density at radius 2 is 0.917 bits per heavy atom. The van der Waals surface area contributed by atoms with Crippen LogP contribution in [0.2, 0.25) is 0 Å². The van der Waals surface area contributed by atoms with E-state index >= 15 is 0 Å². The third kappa shape index (κ3) is 7.03. The SMILES string of the molecule is CC(C)(C)NC(=S)NC(c1ccccc1)C(NC(c1ccccc1)c1ccccc1)c1ccccc1. The van der Waals surface area contributed by atoms with Crippen molar-refractivity contribution in [1.29, 1.82) is 0 Å². The Bertz CT molecular complexity index is 1170. The van der Waals surface area contributed by atoms with E-state index < -0.39 is 0 Å². The topological polar surface area (TPSA) is 36.1 Å². The summed E-state index contributed by atoms with van der Waals surface area (Å²) in [5.41, 5.74) is 4.64. The average Bonchev–Trinajstić information content (AvgIpc) is 2.89. The minimum atomic E-state index is -0.141. The van der Waals surface area contributed by atoms with Crippen molar-refractivity contribution < 1.29 is 0 Å². The molecule has 0 heterocycles. The molecule has 0 amide bonds. The molecular formula is C32H35N3S. The molecular weight excluding hydrogens is 458 g/mol. The molecule has 0 bridgehead atoms. The molecule has 184 valence electrons. The monoisotopic (exact) mass is 493 g/mol. The molecule has 0 saturated carbocycles. The maximum atomic E-state index is 5.80. The molecule has 2 atom stereocenters. The van der Waals surface area contributed by atoms with Crippen LogP contribution in [-0.2, 0) is 0 Å². The van der Waals surface area contributed by atoms with Crippen LogP contribution in [0, 0.1) is 0 Å². The highest BCUT2D eigenvalue weighted by atomic mass is 32.1. The fraction of sp³-hybridized carbons (Fsp3) is 0.219. The van der Waals surface area contributed by atoms with Crippen molar-refractivity contribution in [2.45, 2.75) is 44.4 Å². The molecule has 36 heavy (non-hydrogen) atoms. The highest BCUT2D eigenvalue weighted by Gasteiger charge is 2.29. The first-order chi connectivity index (χ1) is 17.4. The molecule has 4 aromatic carbocycles. The van der Waals surface area contributed by atoms with Gasteiger partial charge in [0.2, 0.25) is 0 Å². The number of thiocarbonyl (C=S) groups is 1. The first-order valence-corrected chi connectivity index (χ1v) is 12.9. The Balaban J connectivity index is 1.79. The maximum Gasteiger partial charge on any atom is 0.167 e. The van der Waals surface area contributed by atoms with Gasteiger partial charge in [-0.15, -0.1) is 0 Å². The van der Waals surface area contributed by atoms with Crippen molar-refractivity contribution in [2.24, 2.45) is 0 Å². The maximum absolute atomic E-state index is 5.80. The van der Waals surface area contributed by atoms with E-state index in [4.69, 9.17) is 12.2 Å². The van der Waals surface area contributed by atoms with Gasteiger partial charge in [-0.2, -0.15) is 0 Å². The van der Waals surface area contributed by atoms with Crippen LogP contribution < -0.4 is 16.0 Å². The third-order valence-electron chi connectivity index (χ3n) is 6.04. The van der Waals surface area contributed by atoms with E-state index in [2.05, 4.69) is 152 Å². The van der Waals surface area contributed by atoms with Crippen molar-refractivity contribution >= 4 is 17.3 Å². The first kappa shape index (κ1) is 25.6. The van der Waals surface area contributed by atoms with E-state index in [1.165, 1.54) is 16.7 Å². The van der Waals surface area contributed by atoms with Crippen molar-refractivity contribution in [3.63, 3.8) is 0 Å². The molecule has 4 heteroatoms. The van der Waals surface area contributed by atoms with Gasteiger partial charge < -0.3 is 10.6 Å². The zero-order valence-corrected chi connectivity index (χ0v) is 22.0. The second-order valence-electron chi connectivity index (χ2n) is 10.0. The van der Waals surface area contributed by atoms with Crippen LogP contribution in [0.4, 0.5) is 0 Å². The highest BCUT2D eigenvalue weighted by Crippen LogP contribution is 2.34. The standard InChI is InChI=1S/C32H35N3S/c1-32(2,3)35-31(36)34-30(27-22-14-7-15-23-27)29(26-20-12-6-13-21-26)33-28(24-16-8-4-9-17-24)25-18-10-5-11-19-25/h4-23,28-30,33H,1-3H3,(H2,34,35,36). The molecule has 0 saturated heterocycles. The van der Waals surface area contributed by atoms with Crippen LogP contribution in [0.15, 0.2) is 121 Å². The van der Waals surface area contributed by atoms with Gasteiger partial charge in [-0.1, -0.05) is 121 Å². The Morgan fingerprint density at radius 1 is 0.556 bits per heavy atom. The zero-order chi connectivity index (χ0) is 25.4. The van der Waals surface area contributed by atoms with E-state index in [9.17, 15) is 0 Å². The third-order valence-corrected chi connectivity index (χ3v) is 6.26. The summed E-state index contributed by atoms with van der Waals surface area (Å²) < 4.78 is 0. The van der Waals surface area contributed by atoms with E-state index in [-0.39, 0.29) is 23.7 Å². The predicted octanol–water partition coefficient (Wildman–Crippen LogP) is 7.11. The Labute approximate surface area is 221 Å². The van der Waals surface area contributed by atoms with Crippen LogP contribution >= 0.6 is 12.2 Å². The Hall–Kier alpha value is -3.47. The molecule has 0 radical (unpaired) electrons. The summed E-state index contributed by atoms with van der Waals surface area (Å²) in [6.07, 6.45) is 0. The fourth-order valence-electron chi connectivity index (χ4n) is 4.44. The molecule has 0 aliphatic rings. The highest BCUT2D eigenvalue weighted by molar-refractivity contribution is 7.80. The number of nitrogens with one attached hydrogen (secondary N) is 3. The summed E-state index contributed by atoms with van der Waals surface area (Å²) in [5.74, 6) is 0. The van der Waals surface area contributed by atoms with Crippen LogP contribution in [0.3, 0.4) is 0 Å². The van der Waals surface area contributed by atoms with Gasteiger partial charge in [0, 0.05) is 5.54 Å². The normalized spacial score (nSPS) is 13.1. The van der Waals surface area contributed by atoms with Gasteiger partial charge >= 0.3 is 0 Å². The Kier molecular flexibility index (Phi) is 8.52. The Morgan fingerprint density at radius 3 is 1.31 bits per heavy atom. The molecule has 0 fully saturated rings. The summed E-state index contributed by atoms with van der Waals surface area (Å²) in [6.45, 7) is 6.35. The van der Waals surface area contributed by atoms with Crippen LogP contribution in [0.25, 0.3) is 0 Å². The smallest absolute Gasteiger partial charge is 0.167 e. The lowest BCUT2D eigenvalue weighted by Crippen LogP contribution is -2.49. The number of hydrogen-bond donors (Lipinski definition) is 3. The lowest BCUT2D eigenvalue weighted by atomic mass is 9.90. The lowest BCUT2D eigenvalue weighted by Gasteiger charge is -2.35. The number of rotatable bonds is 8. The summed E-state index contributed by atoms with van der Waals surface area (Å²) in [4.78, 5) is 0. The van der Waals surface area contributed by atoms with Gasteiger partial charge in [-0.25, -0.2) is 0 Å². The molecule has 4 rings (SSSR count). The number of hydrogen-bond acceptors (Lipinski definition) is 2. The van der Waals surface area contributed by atoms with Crippen LogP contribution in [0.5, 0.6) is 0 Å². The van der Waals surface area contributed by atoms with Crippen LogP contribution in [-0.4, -0.2) is 10.7 Å². The summed E-state index contributed by atoms with van der Waals surface area (Å²) >= 11 is 5.80. The quantitative estimate of drug-likeness (QED) is 0.229. The van der Waals surface area contributed by atoms with Gasteiger partial charge in [0.25, 0.3) is 0 Å². The van der Waals surface area contributed by atoms with Gasteiger partial charge in [-0.05, 0) is 55.2 Å². The minimum absolute atomic E-state index is 0.00485. The van der Waals surface area contributed by atoms with Crippen LogP contribution in [0.1, 0.15) is 61.2 Å². The molecule has 4 aromatic rings. The lowest BCUT2D eigenvalue weighted by molar-refractivity contribution is 0.391. The average molecular weight is 494 g/mol. The van der Waals surface area contributed by atoms with Gasteiger partial charge in [0.15, 0.2) is 5.11 Å². The van der Waals surface area contributed by atoms with Gasteiger partial charge in [-0.3, -0.25) is 5.32 Å². The van der Waals surface area contributed by atoms with Gasteiger partial charge in [0.1, 0.15) is 0 Å². The van der Waals surface area contributed by atoms with Crippen molar-refractivity contribution in [1.82, 2.24) is 16.0 Å². The van der Waals surface area contributed by atoms with E-state index in [0.717, 1.165) is 5.56 Å². The molecule has 3 nitrogen and oxygen atoms in total. The molecule has 3 N–H and O–H groups in total. The van der Waals surface area contributed by atoms with Crippen molar-refractivity contribution in [3.05, 3.63) is 144 Å². The second kappa shape index (κ2) is 12.0. The minimum Gasteiger partial charge on any atom is -0.358 e. The second-order valence-corrected chi connectivity index (χ2v) is 10.5. The number of benzene rings is 4. The summed E-state index contributed by atoms with van der Waals surface area (Å²) in [6, 6.07) is 42.2. The molecule has 2 unspecified atom stereocenters. The predicted molar refractivity (Wildman–Crippen MR) is 155 cm³/mol. The largest absolute Gasteiger partial charge is 0.358 e. The van der Waals surface area contributed by atoms with E-state index in [1.54, 1.807) is 0 Å². The molecule has 0 aliphatic carbocycles. The van der Waals surface area contributed by atoms with E-state index in [1.807, 2.05) is 6.07 Å².